The third kappa shape index (κ3) is 5.04. The third-order valence-electron chi connectivity index (χ3n) is 6.84. The Bertz CT molecular complexity index is 1100. The van der Waals surface area contributed by atoms with Crippen molar-refractivity contribution < 1.29 is 9.53 Å². The largest absolute Gasteiger partial charge is 0.496 e. The molecule has 1 aliphatic carbocycles. The molecule has 3 aromatic rings. The Morgan fingerprint density at radius 3 is 2.65 bits per heavy atom. The third-order valence-corrected chi connectivity index (χ3v) is 7.88. The van der Waals surface area contributed by atoms with Crippen LogP contribution in [0.25, 0.3) is 0 Å². The minimum Gasteiger partial charge on any atom is -0.496 e. The number of fused-ring (bicyclic) bond motifs is 1. The van der Waals surface area contributed by atoms with Gasteiger partial charge in [-0.3, -0.25) is 4.79 Å². The Balaban J connectivity index is 1.14. The van der Waals surface area contributed by atoms with Gasteiger partial charge in [-0.05, 0) is 66.8 Å². The summed E-state index contributed by atoms with van der Waals surface area (Å²) in [5.74, 6) is 2.10. The molecule has 1 unspecified atom stereocenters. The number of methoxy groups -OCH3 is 1. The Labute approximate surface area is 205 Å². The van der Waals surface area contributed by atoms with E-state index < -0.39 is 0 Å². The van der Waals surface area contributed by atoms with Gasteiger partial charge < -0.3 is 14.5 Å². The predicted octanol–water partition coefficient (Wildman–Crippen LogP) is 4.23. The number of hydrogen-bond donors (Lipinski definition) is 0. The van der Waals surface area contributed by atoms with Gasteiger partial charge in [-0.25, -0.2) is 9.97 Å². The van der Waals surface area contributed by atoms with Crippen LogP contribution in [-0.4, -0.2) is 54.1 Å². The zero-order valence-electron chi connectivity index (χ0n) is 19.5. The molecule has 2 aromatic carbocycles. The molecule has 2 heterocycles. The standard InChI is InChI=1S/C27H30N4O2S/c1-33-26-4-2-3-20-5-6-21(17-25(20)26)27(32)31-15-13-30(14-16-31)23-7-9-24(10-8-23)34-18-22-11-12-28-19-29-22/h2-4,7-12,19,21H,5-6,13-18H2,1H3. The van der Waals surface area contributed by atoms with Gasteiger partial charge in [0, 0.05) is 54.6 Å². The van der Waals surface area contributed by atoms with Gasteiger partial charge in [0.15, 0.2) is 0 Å². The number of piperazine rings is 1. The molecule has 1 fully saturated rings. The topological polar surface area (TPSA) is 58.6 Å². The molecular weight excluding hydrogens is 444 g/mol. The first-order valence-corrected chi connectivity index (χ1v) is 12.9. The maximum Gasteiger partial charge on any atom is 0.226 e. The van der Waals surface area contributed by atoms with E-state index in [0.29, 0.717) is 5.91 Å². The molecular formula is C27H30N4O2S. The van der Waals surface area contributed by atoms with E-state index in [9.17, 15) is 4.79 Å². The summed E-state index contributed by atoms with van der Waals surface area (Å²) >= 11 is 1.78. The highest BCUT2D eigenvalue weighted by Crippen LogP contribution is 2.33. The summed E-state index contributed by atoms with van der Waals surface area (Å²) in [4.78, 5) is 27.2. The van der Waals surface area contributed by atoms with E-state index in [1.54, 1.807) is 31.4 Å². The fourth-order valence-corrected chi connectivity index (χ4v) is 5.73. The number of hydrogen-bond acceptors (Lipinski definition) is 6. The molecule has 0 N–H and O–H groups in total. The zero-order valence-corrected chi connectivity index (χ0v) is 20.3. The van der Waals surface area contributed by atoms with Gasteiger partial charge in [0.25, 0.3) is 0 Å². The van der Waals surface area contributed by atoms with Crippen LogP contribution in [0.4, 0.5) is 5.69 Å². The van der Waals surface area contributed by atoms with Gasteiger partial charge in [0.05, 0.1) is 12.8 Å². The van der Waals surface area contributed by atoms with Gasteiger partial charge in [-0.1, -0.05) is 12.1 Å². The maximum absolute atomic E-state index is 13.3. The van der Waals surface area contributed by atoms with Crippen LogP contribution < -0.4 is 9.64 Å². The molecule has 0 bridgehead atoms. The Morgan fingerprint density at radius 2 is 1.91 bits per heavy atom. The lowest BCUT2D eigenvalue weighted by Crippen LogP contribution is -2.51. The first kappa shape index (κ1) is 22.7. The molecule has 34 heavy (non-hydrogen) atoms. The van der Waals surface area contributed by atoms with Crippen molar-refractivity contribution in [1.29, 1.82) is 0 Å². The van der Waals surface area contributed by atoms with E-state index in [4.69, 9.17) is 4.74 Å². The Hall–Kier alpha value is -3.06. The van der Waals surface area contributed by atoms with E-state index in [0.717, 1.165) is 62.6 Å². The number of benzene rings is 2. The van der Waals surface area contributed by atoms with Crippen LogP contribution in [0.2, 0.25) is 0 Å². The maximum atomic E-state index is 13.3. The SMILES string of the molecule is COc1cccc2c1CC(C(=O)N1CCN(c3ccc(SCc4ccncn4)cc3)CC1)CC2. The van der Waals surface area contributed by atoms with Crippen molar-refractivity contribution in [1.82, 2.24) is 14.9 Å². The number of aromatic nitrogens is 2. The molecule has 1 saturated heterocycles. The first-order chi connectivity index (χ1) is 16.7. The number of aryl methyl sites for hydroxylation is 1. The quantitative estimate of drug-likeness (QED) is 0.499. The monoisotopic (exact) mass is 474 g/mol. The van der Waals surface area contributed by atoms with Crippen molar-refractivity contribution in [3.05, 3.63) is 77.9 Å². The summed E-state index contributed by atoms with van der Waals surface area (Å²) in [5, 5.41) is 0. The molecule has 0 radical (unpaired) electrons. The molecule has 1 aliphatic heterocycles. The Kier molecular flexibility index (Phi) is 7.00. The number of rotatable bonds is 6. The molecule has 1 atom stereocenters. The summed E-state index contributed by atoms with van der Waals surface area (Å²) in [7, 11) is 1.71. The van der Waals surface area contributed by atoms with Gasteiger partial charge >= 0.3 is 0 Å². The average Bonchev–Trinajstić information content (AvgIpc) is 2.92. The molecule has 176 valence electrons. The lowest BCUT2D eigenvalue weighted by molar-refractivity contribution is -0.136. The minimum atomic E-state index is 0.0570. The van der Waals surface area contributed by atoms with Gasteiger partial charge in [-0.2, -0.15) is 0 Å². The average molecular weight is 475 g/mol. The number of anilines is 1. The van der Waals surface area contributed by atoms with E-state index in [1.165, 1.54) is 21.7 Å². The lowest BCUT2D eigenvalue weighted by Gasteiger charge is -2.38. The molecule has 1 aromatic heterocycles. The van der Waals surface area contributed by atoms with E-state index in [-0.39, 0.29) is 5.92 Å². The van der Waals surface area contributed by atoms with E-state index in [1.807, 2.05) is 18.2 Å². The molecule has 5 rings (SSSR count). The van der Waals surface area contributed by atoms with E-state index in [2.05, 4.69) is 50.1 Å². The summed E-state index contributed by atoms with van der Waals surface area (Å²) in [6, 6.07) is 16.9. The van der Waals surface area contributed by atoms with Gasteiger partial charge in [0.2, 0.25) is 5.91 Å². The van der Waals surface area contributed by atoms with Gasteiger partial charge in [0.1, 0.15) is 12.1 Å². The fraction of sp³-hybridized carbons (Fsp3) is 0.370. The number of amides is 1. The second kappa shape index (κ2) is 10.5. The fourth-order valence-electron chi connectivity index (χ4n) is 4.91. The first-order valence-electron chi connectivity index (χ1n) is 11.9. The molecule has 0 saturated carbocycles. The number of carbonyl (C=O) groups excluding carboxylic acids is 1. The summed E-state index contributed by atoms with van der Waals surface area (Å²) in [6.07, 6.45) is 6.03. The highest BCUT2D eigenvalue weighted by atomic mass is 32.2. The highest BCUT2D eigenvalue weighted by molar-refractivity contribution is 7.98. The number of thioether (sulfide) groups is 1. The summed E-state index contributed by atoms with van der Waals surface area (Å²) < 4.78 is 5.56. The molecule has 6 nitrogen and oxygen atoms in total. The zero-order chi connectivity index (χ0) is 23.3. The minimum absolute atomic E-state index is 0.0570. The molecule has 2 aliphatic rings. The highest BCUT2D eigenvalue weighted by Gasteiger charge is 2.31. The second-order valence-corrected chi connectivity index (χ2v) is 9.88. The summed E-state index contributed by atoms with van der Waals surface area (Å²) in [5.41, 5.74) is 4.79. The smallest absolute Gasteiger partial charge is 0.226 e. The van der Waals surface area contributed by atoms with Crippen molar-refractivity contribution in [2.24, 2.45) is 5.92 Å². The number of nitrogens with zero attached hydrogens (tertiary/aromatic N) is 4. The van der Waals surface area contributed by atoms with Gasteiger partial charge in [-0.15, -0.1) is 11.8 Å². The van der Waals surface area contributed by atoms with Crippen LogP contribution in [0.5, 0.6) is 5.75 Å². The lowest BCUT2D eigenvalue weighted by atomic mass is 9.82. The predicted molar refractivity (Wildman–Crippen MR) is 135 cm³/mol. The van der Waals surface area contributed by atoms with Crippen LogP contribution in [0.15, 0.2) is 66.0 Å². The Morgan fingerprint density at radius 1 is 1.09 bits per heavy atom. The van der Waals surface area contributed by atoms with Crippen LogP contribution >= 0.6 is 11.8 Å². The van der Waals surface area contributed by atoms with Crippen molar-refractivity contribution in [3.8, 4) is 5.75 Å². The van der Waals surface area contributed by atoms with E-state index >= 15 is 0 Å². The normalized spacial score (nSPS) is 17.9. The van der Waals surface area contributed by atoms with Crippen LogP contribution in [0.1, 0.15) is 23.2 Å². The van der Waals surface area contributed by atoms with Crippen molar-refractivity contribution >= 4 is 23.4 Å². The van der Waals surface area contributed by atoms with Crippen molar-refractivity contribution in [2.45, 2.75) is 29.9 Å². The second-order valence-electron chi connectivity index (χ2n) is 8.83. The van der Waals surface area contributed by atoms with Crippen LogP contribution in [0.3, 0.4) is 0 Å². The van der Waals surface area contributed by atoms with Crippen LogP contribution in [0, 0.1) is 5.92 Å². The molecule has 7 heteroatoms. The number of carbonyl (C=O) groups is 1. The molecule has 1 amide bonds. The number of ether oxygens (including phenoxy) is 1. The van der Waals surface area contributed by atoms with Crippen molar-refractivity contribution in [3.63, 3.8) is 0 Å². The van der Waals surface area contributed by atoms with Crippen molar-refractivity contribution in [2.75, 3.05) is 38.2 Å². The summed E-state index contributed by atoms with van der Waals surface area (Å²) in [6.45, 7) is 3.29. The van der Waals surface area contributed by atoms with Crippen LogP contribution in [-0.2, 0) is 23.4 Å². The molecule has 0 spiro atoms.